The maximum Gasteiger partial charge on any atom is 0.203 e. The highest BCUT2D eigenvalue weighted by Crippen LogP contribution is 2.38. The number of rotatable bonds is 6. The number of hydrogen-bond donors (Lipinski definition) is 1. The van der Waals surface area contributed by atoms with E-state index in [9.17, 15) is 0 Å². The van der Waals surface area contributed by atoms with Gasteiger partial charge in [-0.15, -0.1) is 0 Å². The van der Waals surface area contributed by atoms with Gasteiger partial charge < -0.3 is 24.7 Å². The minimum absolute atomic E-state index is 0.571. The van der Waals surface area contributed by atoms with Crippen molar-refractivity contribution < 1.29 is 18.9 Å². The highest BCUT2D eigenvalue weighted by Gasteiger charge is 2.11. The molecule has 2 aromatic rings. The summed E-state index contributed by atoms with van der Waals surface area (Å²) >= 11 is 0. The lowest BCUT2D eigenvalue weighted by molar-refractivity contribution is 0.324. The van der Waals surface area contributed by atoms with E-state index >= 15 is 0 Å². The van der Waals surface area contributed by atoms with Gasteiger partial charge in [0.05, 0.1) is 34.1 Å². The second kappa shape index (κ2) is 7.45. The van der Waals surface area contributed by atoms with Crippen LogP contribution in [0.5, 0.6) is 23.0 Å². The van der Waals surface area contributed by atoms with Crippen LogP contribution < -0.4 is 24.7 Å². The predicted molar refractivity (Wildman–Crippen MR) is 92.4 cm³/mol. The number of benzene rings is 2. The van der Waals surface area contributed by atoms with Gasteiger partial charge in [0.15, 0.2) is 11.5 Å². The van der Waals surface area contributed by atoms with Gasteiger partial charge in [0.25, 0.3) is 0 Å². The lowest BCUT2D eigenvalue weighted by atomic mass is 10.1. The number of methoxy groups -OCH3 is 4. The van der Waals surface area contributed by atoms with E-state index in [1.165, 1.54) is 0 Å². The summed E-state index contributed by atoms with van der Waals surface area (Å²) in [5.41, 5.74) is 8.33. The zero-order chi connectivity index (χ0) is 16.8. The number of hydrogen-bond acceptors (Lipinski definition) is 5. The van der Waals surface area contributed by atoms with Crippen LogP contribution in [0, 0.1) is 0 Å². The van der Waals surface area contributed by atoms with Crippen molar-refractivity contribution >= 4 is 17.8 Å². The van der Waals surface area contributed by atoms with E-state index in [0.29, 0.717) is 28.7 Å². The fourth-order valence-electron chi connectivity index (χ4n) is 2.22. The van der Waals surface area contributed by atoms with Crippen LogP contribution >= 0.6 is 0 Å². The Hall–Kier alpha value is -2.82. The van der Waals surface area contributed by atoms with Crippen molar-refractivity contribution in [1.29, 1.82) is 0 Å². The van der Waals surface area contributed by atoms with Crippen molar-refractivity contribution in [1.82, 2.24) is 0 Å². The molecule has 2 N–H and O–H groups in total. The average molecular weight is 315 g/mol. The molecule has 122 valence electrons. The fraction of sp³-hybridized carbons (Fsp3) is 0.222. The molecule has 0 saturated carbocycles. The van der Waals surface area contributed by atoms with Crippen LogP contribution in [-0.2, 0) is 0 Å². The lowest BCUT2D eigenvalue weighted by Crippen LogP contribution is -1.95. The molecule has 0 atom stereocenters. The van der Waals surface area contributed by atoms with Crippen molar-refractivity contribution in [3.05, 3.63) is 41.5 Å². The van der Waals surface area contributed by atoms with E-state index in [0.717, 1.165) is 11.1 Å². The Morgan fingerprint density at radius 2 is 1.22 bits per heavy atom. The standard InChI is InChI=1S/C18H21NO4/c1-20-15-9-12(7-8-14(15)19)5-6-13-10-16(21-2)18(23-4)17(11-13)22-3/h5-11H,19H2,1-4H3. The molecular weight excluding hydrogens is 294 g/mol. The number of anilines is 1. The second-order valence-corrected chi connectivity index (χ2v) is 4.79. The Labute approximate surface area is 136 Å². The van der Waals surface area contributed by atoms with Crippen LogP contribution in [-0.4, -0.2) is 28.4 Å². The molecule has 0 fully saturated rings. The molecule has 0 aliphatic carbocycles. The molecule has 0 aliphatic rings. The first-order chi connectivity index (χ1) is 11.1. The third-order valence-electron chi connectivity index (χ3n) is 3.41. The SMILES string of the molecule is COc1cc(C=Cc2cc(OC)c(OC)c(OC)c2)ccc1N. The Bertz CT molecular complexity index is 685. The monoisotopic (exact) mass is 315 g/mol. The van der Waals surface area contributed by atoms with Crippen molar-refractivity contribution in [2.75, 3.05) is 34.2 Å². The molecule has 0 heterocycles. The molecule has 0 aliphatic heterocycles. The Balaban J connectivity index is 2.35. The van der Waals surface area contributed by atoms with Crippen LogP contribution in [0.3, 0.4) is 0 Å². The van der Waals surface area contributed by atoms with Crippen LogP contribution in [0.4, 0.5) is 5.69 Å². The van der Waals surface area contributed by atoms with Crippen LogP contribution in [0.25, 0.3) is 12.2 Å². The van der Waals surface area contributed by atoms with Gasteiger partial charge in [0, 0.05) is 0 Å². The van der Waals surface area contributed by atoms with Crippen LogP contribution in [0.15, 0.2) is 30.3 Å². The van der Waals surface area contributed by atoms with Crippen LogP contribution in [0.2, 0.25) is 0 Å². The third-order valence-corrected chi connectivity index (χ3v) is 3.41. The molecule has 2 aromatic carbocycles. The normalized spacial score (nSPS) is 10.6. The van der Waals surface area contributed by atoms with E-state index in [-0.39, 0.29) is 0 Å². The highest BCUT2D eigenvalue weighted by molar-refractivity contribution is 5.74. The first kappa shape index (κ1) is 16.5. The van der Waals surface area contributed by atoms with E-state index in [2.05, 4.69) is 0 Å². The van der Waals surface area contributed by atoms with Crippen molar-refractivity contribution in [2.24, 2.45) is 0 Å². The topological polar surface area (TPSA) is 62.9 Å². The lowest BCUT2D eigenvalue weighted by Gasteiger charge is -2.12. The Morgan fingerprint density at radius 1 is 0.696 bits per heavy atom. The van der Waals surface area contributed by atoms with E-state index in [4.69, 9.17) is 24.7 Å². The summed E-state index contributed by atoms with van der Waals surface area (Å²) in [7, 11) is 6.36. The average Bonchev–Trinajstić information content (AvgIpc) is 2.59. The molecule has 5 heteroatoms. The minimum atomic E-state index is 0.571. The summed E-state index contributed by atoms with van der Waals surface area (Å²) in [6, 6.07) is 9.38. The number of nitrogen functional groups attached to an aromatic ring is 1. The zero-order valence-corrected chi connectivity index (χ0v) is 13.8. The Morgan fingerprint density at radius 3 is 1.74 bits per heavy atom. The number of nitrogens with two attached hydrogens (primary N) is 1. The second-order valence-electron chi connectivity index (χ2n) is 4.79. The smallest absolute Gasteiger partial charge is 0.203 e. The highest BCUT2D eigenvalue weighted by atomic mass is 16.5. The number of ether oxygens (including phenoxy) is 4. The third kappa shape index (κ3) is 3.69. The van der Waals surface area contributed by atoms with Gasteiger partial charge in [-0.1, -0.05) is 18.2 Å². The van der Waals surface area contributed by atoms with Gasteiger partial charge in [0.1, 0.15) is 5.75 Å². The molecule has 0 aromatic heterocycles. The maximum atomic E-state index is 5.82. The fourth-order valence-corrected chi connectivity index (χ4v) is 2.22. The quantitative estimate of drug-likeness (QED) is 0.653. The summed E-state index contributed by atoms with van der Waals surface area (Å²) in [5.74, 6) is 2.45. The molecule has 0 saturated heterocycles. The molecule has 0 radical (unpaired) electrons. The van der Waals surface area contributed by atoms with Gasteiger partial charge in [-0.2, -0.15) is 0 Å². The van der Waals surface area contributed by atoms with Gasteiger partial charge in [-0.05, 0) is 35.4 Å². The summed E-state index contributed by atoms with van der Waals surface area (Å²) < 4.78 is 21.2. The molecule has 0 unspecified atom stereocenters. The first-order valence-electron chi connectivity index (χ1n) is 7.04. The van der Waals surface area contributed by atoms with Crippen molar-refractivity contribution in [3.63, 3.8) is 0 Å². The van der Waals surface area contributed by atoms with Crippen molar-refractivity contribution in [3.8, 4) is 23.0 Å². The predicted octanol–water partition coefficient (Wildman–Crippen LogP) is 3.47. The van der Waals surface area contributed by atoms with E-state index in [1.807, 2.05) is 42.5 Å². The van der Waals surface area contributed by atoms with Crippen LogP contribution in [0.1, 0.15) is 11.1 Å². The zero-order valence-electron chi connectivity index (χ0n) is 13.8. The van der Waals surface area contributed by atoms with Gasteiger partial charge in [-0.3, -0.25) is 0 Å². The minimum Gasteiger partial charge on any atom is -0.495 e. The first-order valence-corrected chi connectivity index (χ1v) is 7.04. The molecule has 23 heavy (non-hydrogen) atoms. The van der Waals surface area contributed by atoms with E-state index in [1.54, 1.807) is 28.4 Å². The van der Waals surface area contributed by atoms with Crippen molar-refractivity contribution in [2.45, 2.75) is 0 Å². The molecule has 2 rings (SSSR count). The summed E-state index contributed by atoms with van der Waals surface area (Å²) in [5, 5.41) is 0. The molecular formula is C18H21NO4. The summed E-state index contributed by atoms with van der Waals surface area (Å²) in [4.78, 5) is 0. The molecule has 5 nitrogen and oxygen atoms in total. The molecule has 0 amide bonds. The van der Waals surface area contributed by atoms with Gasteiger partial charge >= 0.3 is 0 Å². The Kier molecular flexibility index (Phi) is 5.36. The largest absolute Gasteiger partial charge is 0.495 e. The molecule has 0 spiro atoms. The maximum absolute atomic E-state index is 5.82. The van der Waals surface area contributed by atoms with Gasteiger partial charge in [0.2, 0.25) is 5.75 Å². The van der Waals surface area contributed by atoms with Gasteiger partial charge in [-0.25, -0.2) is 0 Å². The summed E-state index contributed by atoms with van der Waals surface area (Å²) in [6.07, 6.45) is 3.91. The molecule has 0 bridgehead atoms. The van der Waals surface area contributed by atoms with E-state index < -0.39 is 0 Å². The summed E-state index contributed by atoms with van der Waals surface area (Å²) in [6.45, 7) is 0.